The first kappa shape index (κ1) is 22.5. The number of aromatic nitrogens is 3. The number of amides is 1. The Balaban J connectivity index is 1.33. The number of rotatable bonds is 7. The predicted octanol–water partition coefficient (Wildman–Crippen LogP) is 1.31. The second-order valence-corrected chi connectivity index (χ2v) is 8.72. The third-order valence-corrected chi connectivity index (χ3v) is 6.47. The summed E-state index contributed by atoms with van der Waals surface area (Å²) in [6, 6.07) is 6.06. The largest absolute Gasteiger partial charge is 0.493 e. The van der Waals surface area contributed by atoms with E-state index in [4.69, 9.17) is 9.47 Å². The van der Waals surface area contributed by atoms with Gasteiger partial charge < -0.3 is 24.3 Å². The van der Waals surface area contributed by atoms with Crippen LogP contribution >= 0.6 is 0 Å². The van der Waals surface area contributed by atoms with Crippen LogP contribution in [0, 0.1) is 5.92 Å². The van der Waals surface area contributed by atoms with Gasteiger partial charge in [-0.2, -0.15) is 0 Å². The maximum Gasteiger partial charge on any atom is 0.224 e. The molecule has 1 N–H and O–H groups in total. The maximum absolute atomic E-state index is 12.6. The summed E-state index contributed by atoms with van der Waals surface area (Å²) in [7, 11) is 5.38. The maximum atomic E-state index is 12.6. The predicted molar refractivity (Wildman–Crippen MR) is 121 cm³/mol. The highest BCUT2D eigenvalue weighted by Gasteiger charge is 2.25. The summed E-state index contributed by atoms with van der Waals surface area (Å²) < 4.78 is 12.9. The normalized spacial score (nSPS) is 19.8. The number of nitrogens with zero attached hydrogens (tertiary/aromatic N) is 5. The van der Waals surface area contributed by atoms with Crippen LogP contribution in [-0.2, 0) is 30.8 Å². The number of hydrogen-bond acceptors (Lipinski definition) is 7. The molecule has 1 fully saturated rings. The molecule has 174 valence electrons. The van der Waals surface area contributed by atoms with E-state index in [1.165, 1.54) is 5.56 Å². The zero-order valence-electron chi connectivity index (χ0n) is 19.3. The van der Waals surface area contributed by atoms with Gasteiger partial charge in [0.2, 0.25) is 5.91 Å². The molecular formula is C23H34N6O3. The first-order valence-corrected chi connectivity index (χ1v) is 11.4. The van der Waals surface area contributed by atoms with Gasteiger partial charge >= 0.3 is 0 Å². The highest BCUT2D eigenvalue weighted by molar-refractivity contribution is 5.78. The van der Waals surface area contributed by atoms with Crippen molar-refractivity contribution < 1.29 is 14.3 Å². The molecule has 3 heterocycles. The molecule has 9 nitrogen and oxygen atoms in total. The molecule has 1 saturated heterocycles. The number of carbonyl (C=O) groups is 1. The molecule has 1 atom stereocenters. The number of fused-ring (bicyclic) bond motifs is 1. The Hall–Kier alpha value is -2.65. The zero-order chi connectivity index (χ0) is 22.5. The SMILES string of the molecule is COc1ccc(CN2CCc3nnc(CNC(=O)C4CCCN(C)C4)n3CC2)cc1OC. The first-order chi connectivity index (χ1) is 15.6. The third-order valence-electron chi connectivity index (χ3n) is 6.47. The van der Waals surface area contributed by atoms with Crippen LogP contribution in [0.25, 0.3) is 0 Å². The van der Waals surface area contributed by atoms with Crippen LogP contribution in [0.3, 0.4) is 0 Å². The van der Waals surface area contributed by atoms with Crippen molar-refractivity contribution in [3.8, 4) is 11.5 Å². The molecule has 0 radical (unpaired) electrons. The quantitative estimate of drug-likeness (QED) is 0.692. The minimum atomic E-state index is 0.0669. The molecule has 1 aromatic heterocycles. The lowest BCUT2D eigenvalue weighted by molar-refractivity contribution is -0.126. The smallest absolute Gasteiger partial charge is 0.224 e. The van der Waals surface area contributed by atoms with Gasteiger partial charge in [0.25, 0.3) is 0 Å². The van der Waals surface area contributed by atoms with Crippen LogP contribution in [0.2, 0.25) is 0 Å². The molecule has 0 saturated carbocycles. The first-order valence-electron chi connectivity index (χ1n) is 11.4. The molecule has 0 bridgehead atoms. The number of methoxy groups -OCH3 is 2. The highest BCUT2D eigenvalue weighted by Crippen LogP contribution is 2.28. The lowest BCUT2D eigenvalue weighted by Crippen LogP contribution is -2.41. The fourth-order valence-corrected chi connectivity index (χ4v) is 4.64. The summed E-state index contributed by atoms with van der Waals surface area (Å²) in [6.45, 7) is 5.78. The van der Waals surface area contributed by atoms with E-state index in [1.54, 1.807) is 14.2 Å². The molecule has 2 aliphatic rings. The van der Waals surface area contributed by atoms with Crippen LogP contribution < -0.4 is 14.8 Å². The summed E-state index contributed by atoms with van der Waals surface area (Å²) in [6.07, 6.45) is 2.87. The average molecular weight is 443 g/mol. The van der Waals surface area contributed by atoms with Gasteiger partial charge in [0.15, 0.2) is 17.3 Å². The number of piperidine rings is 1. The summed E-state index contributed by atoms with van der Waals surface area (Å²) in [4.78, 5) is 17.2. The number of likely N-dealkylation sites (tertiary alicyclic amines) is 1. The van der Waals surface area contributed by atoms with Crippen LogP contribution in [0.5, 0.6) is 11.5 Å². The van der Waals surface area contributed by atoms with Gasteiger partial charge in [-0.3, -0.25) is 9.69 Å². The molecule has 1 unspecified atom stereocenters. The fourth-order valence-electron chi connectivity index (χ4n) is 4.64. The van der Waals surface area contributed by atoms with Crippen molar-refractivity contribution in [1.82, 2.24) is 29.9 Å². The molecule has 4 rings (SSSR count). The van der Waals surface area contributed by atoms with Crippen molar-refractivity contribution >= 4 is 5.91 Å². The fraction of sp³-hybridized carbons (Fsp3) is 0.609. The van der Waals surface area contributed by atoms with E-state index in [9.17, 15) is 4.79 Å². The molecule has 32 heavy (non-hydrogen) atoms. The van der Waals surface area contributed by atoms with Crippen LogP contribution in [0.1, 0.15) is 30.1 Å². The monoisotopic (exact) mass is 442 g/mol. The van der Waals surface area contributed by atoms with E-state index in [1.807, 2.05) is 12.1 Å². The number of benzene rings is 1. The van der Waals surface area contributed by atoms with Gasteiger partial charge in [-0.25, -0.2) is 0 Å². The third kappa shape index (κ3) is 5.21. The Kier molecular flexibility index (Phi) is 7.26. The summed E-state index contributed by atoms with van der Waals surface area (Å²) in [5.74, 6) is 3.51. The molecule has 1 aromatic carbocycles. The van der Waals surface area contributed by atoms with Crippen LogP contribution in [0.4, 0.5) is 0 Å². The Morgan fingerprint density at radius 1 is 1.12 bits per heavy atom. The lowest BCUT2D eigenvalue weighted by atomic mass is 9.98. The minimum Gasteiger partial charge on any atom is -0.493 e. The van der Waals surface area contributed by atoms with E-state index >= 15 is 0 Å². The van der Waals surface area contributed by atoms with Gasteiger partial charge in [0.1, 0.15) is 5.82 Å². The van der Waals surface area contributed by atoms with Gasteiger partial charge in [0.05, 0.1) is 26.7 Å². The standard InChI is InChI=1S/C23H34N6O3/c1-27-9-4-5-18(16-27)23(30)24-14-22-26-25-21-8-10-28(11-12-29(21)22)15-17-6-7-19(31-2)20(13-17)32-3/h6-7,13,18H,4-5,8-12,14-16H2,1-3H3,(H,24,30). The van der Waals surface area contributed by atoms with Crippen molar-refractivity contribution in [2.24, 2.45) is 5.92 Å². The Labute approximate surface area is 189 Å². The zero-order valence-corrected chi connectivity index (χ0v) is 19.3. The van der Waals surface area contributed by atoms with Crippen molar-refractivity contribution in [2.45, 2.75) is 38.9 Å². The number of hydrogen-bond donors (Lipinski definition) is 1. The molecule has 2 aliphatic heterocycles. The molecule has 9 heteroatoms. The van der Waals surface area contributed by atoms with E-state index in [0.717, 1.165) is 81.7 Å². The Morgan fingerprint density at radius 2 is 1.97 bits per heavy atom. The summed E-state index contributed by atoms with van der Waals surface area (Å²) in [5, 5.41) is 11.9. The van der Waals surface area contributed by atoms with E-state index < -0.39 is 0 Å². The molecule has 0 aliphatic carbocycles. The molecule has 1 amide bonds. The molecular weight excluding hydrogens is 408 g/mol. The van der Waals surface area contributed by atoms with Gasteiger partial charge in [-0.15, -0.1) is 10.2 Å². The molecule has 2 aromatic rings. The molecule has 0 spiro atoms. The van der Waals surface area contributed by atoms with Gasteiger partial charge in [-0.05, 0) is 44.1 Å². The second-order valence-electron chi connectivity index (χ2n) is 8.72. The number of carbonyl (C=O) groups excluding carboxylic acids is 1. The number of ether oxygens (including phenoxy) is 2. The van der Waals surface area contributed by atoms with Crippen molar-refractivity contribution in [2.75, 3.05) is 47.4 Å². The minimum absolute atomic E-state index is 0.0669. The average Bonchev–Trinajstić information content (AvgIpc) is 3.09. The van der Waals surface area contributed by atoms with Crippen molar-refractivity contribution in [1.29, 1.82) is 0 Å². The van der Waals surface area contributed by atoms with E-state index in [2.05, 4.69) is 43.0 Å². The Bertz CT molecular complexity index is 930. The summed E-state index contributed by atoms with van der Waals surface area (Å²) >= 11 is 0. The summed E-state index contributed by atoms with van der Waals surface area (Å²) in [5.41, 5.74) is 1.19. The highest BCUT2D eigenvalue weighted by atomic mass is 16.5. The van der Waals surface area contributed by atoms with Crippen molar-refractivity contribution in [3.63, 3.8) is 0 Å². The van der Waals surface area contributed by atoms with Crippen molar-refractivity contribution in [3.05, 3.63) is 35.4 Å². The van der Waals surface area contributed by atoms with Gasteiger partial charge in [0, 0.05) is 39.1 Å². The topological polar surface area (TPSA) is 84.7 Å². The van der Waals surface area contributed by atoms with E-state index in [0.29, 0.717) is 6.54 Å². The van der Waals surface area contributed by atoms with E-state index in [-0.39, 0.29) is 11.8 Å². The Morgan fingerprint density at radius 3 is 2.75 bits per heavy atom. The second kappa shape index (κ2) is 10.3. The van der Waals surface area contributed by atoms with Gasteiger partial charge in [-0.1, -0.05) is 6.07 Å². The van der Waals surface area contributed by atoms with Crippen LogP contribution in [0.15, 0.2) is 18.2 Å². The van der Waals surface area contributed by atoms with Crippen LogP contribution in [-0.4, -0.2) is 77.9 Å². The lowest BCUT2D eigenvalue weighted by Gasteiger charge is -2.28. The number of nitrogens with one attached hydrogen (secondary N) is 1.